The van der Waals surface area contributed by atoms with Crippen LogP contribution in [0.25, 0.3) is 10.2 Å². The van der Waals surface area contributed by atoms with Crippen LogP contribution in [0.3, 0.4) is 0 Å². The van der Waals surface area contributed by atoms with Gasteiger partial charge in [-0.3, -0.25) is 0 Å². The summed E-state index contributed by atoms with van der Waals surface area (Å²) >= 11 is 1.39. The average Bonchev–Trinajstić information content (AvgIpc) is 2.88. The number of nitrogens with one attached hydrogen (secondary N) is 1. The van der Waals surface area contributed by atoms with E-state index >= 15 is 0 Å². The van der Waals surface area contributed by atoms with Gasteiger partial charge in [0.15, 0.2) is 5.13 Å². The summed E-state index contributed by atoms with van der Waals surface area (Å²) in [6, 6.07) is 13.2. The molecule has 21 heavy (non-hydrogen) atoms. The van der Waals surface area contributed by atoms with Gasteiger partial charge < -0.3 is 5.32 Å². The zero-order chi connectivity index (χ0) is 14.8. The van der Waals surface area contributed by atoms with Crippen molar-refractivity contribution in [2.75, 3.05) is 5.32 Å². The summed E-state index contributed by atoms with van der Waals surface area (Å²) in [7, 11) is 0. The Morgan fingerprint density at radius 3 is 2.62 bits per heavy atom. The highest BCUT2D eigenvalue weighted by atomic mass is 32.1. The molecule has 0 aliphatic rings. The van der Waals surface area contributed by atoms with E-state index in [4.69, 9.17) is 10.5 Å². The molecule has 6 heteroatoms. The number of halogens is 1. The summed E-state index contributed by atoms with van der Waals surface area (Å²) in [5, 5.41) is 21.5. The van der Waals surface area contributed by atoms with Crippen molar-refractivity contribution in [3.05, 3.63) is 53.3 Å². The van der Waals surface area contributed by atoms with Crippen LogP contribution in [0, 0.1) is 28.5 Å². The maximum atomic E-state index is 13.1. The summed E-state index contributed by atoms with van der Waals surface area (Å²) in [6.45, 7) is 0. The predicted molar refractivity (Wildman–Crippen MR) is 78.7 cm³/mol. The Kier molecular flexibility index (Phi) is 3.23. The topological polar surface area (TPSA) is 72.5 Å². The SMILES string of the molecule is N#Cc1ccc(Nc2nc3cc(F)ccc3s2)cc1C#N. The van der Waals surface area contributed by atoms with Crippen molar-refractivity contribution in [1.29, 1.82) is 10.5 Å². The van der Waals surface area contributed by atoms with Gasteiger partial charge in [-0.05, 0) is 30.3 Å². The van der Waals surface area contributed by atoms with Gasteiger partial charge in [0, 0.05) is 11.8 Å². The van der Waals surface area contributed by atoms with Crippen LogP contribution in [-0.4, -0.2) is 4.98 Å². The lowest BCUT2D eigenvalue weighted by atomic mass is 10.1. The number of aromatic nitrogens is 1. The molecule has 0 unspecified atom stereocenters. The first kappa shape index (κ1) is 13.0. The molecule has 0 fully saturated rings. The Hall–Kier alpha value is -2.96. The maximum Gasteiger partial charge on any atom is 0.188 e. The molecule has 1 aromatic heterocycles. The molecule has 0 atom stereocenters. The zero-order valence-corrected chi connectivity index (χ0v) is 11.4. The largest absolute Gasteiger partial charge is 0.331 e. The molecule has 0 bridgehead atoms. The van der Waals surface area contributed by atoms with Crippen LogP contribution < -0.4 is 5.32 Å². The van der Waals surface area contributed by atoms with Gasteiger partial charge >= 0.3 is 0 Å². The van der Waals surface area contributed by atoms with Crippen molar-refractivity contribution in [3.63, 3.8) is 0 Å². The third-order valence-corrected chi connectivity index (χ3v) is 3.81. The fraction of sp³-hybridized carbons (Fsp3) is 0. The molecule has 1 heterocycles. The van der Waals surface area contributed by atoms with Crippen LogP contribution in [0.4, 0.5) is 15.2 Å². The van der Waals surface area contributed by atoms with Gasteiger partial charge in [0.1, 0.15) is 18.0 Å². The molecule has 4 nitrogen and oxygen atoms in total. The van der Waals surface area contributed by atoms with Gasteiger partial charge in [0.25, 0.3) is 0 Å². The van der Waals surface area contributed by atoms with E-state index in [1.165, 1.54) is 23.5 Å². The molecule has 0 aliphatic heterocycles. The Labute approximate surface area is 123 Å². The highest BCUT2D eigenvalue weighted by Crippen LogP contribution is 2.29. The van der Waals surface area contributed by atoms with E-state index in [2.05, 4.69) is 10.3 Å². The quantitative estimate of drug-likeness (QED) is 0.777. The molecule has 0 aliphatic carbocycles. The number of rotatable bonds is 2. The molecule has 2 aromatic carbocycles. The summed E-state index contributed by atoms with van der Waals surface area (Å²) in [5.74, 6) is -0.329. The standard InChI is InChI=1S/C15H7FN4S/c16-11-2-4-14-13(6-11)20-15(21-14)19-12-3-1-9(7-17)10(5-12)8-18/h1-6H,(H,19,20). The van der Waals surface area contributed by atoms with Crippen molar-refractivity contribution in [2.24, 2.45) is 0 Å². The highest BCUT2D eigenvalue weighted by Gasteiger charge is 2.07. The van der Waals surface area contributed by atoms with E-state index < -0.39 is 0 Å². The molecule has 3 rings (SSSR count). The average molecular weight is 294 g/mol. The number of fused-ring (bicyclic) bond motifs is 1. The molecular weight excluding hydrogens is 287 g/mol. The first-order valence-corrected chi connectivity index (χ1v) is 6.78. The number of nitrogens with zero attached hydrogens (tertiary/aromatic N) is 3. The van der Waals surface area contributed by atoms with Crippen LogP contribution >= 0.6 is 11.3 Å². The fourth-order valence-corrected chi connectivity index (χ4v) is 2.76. The lowest BCUT2D eigenvalue weighted by Gasteiger charge is -2.03. The van der Waals surface area contributed by atoms with Crippen molar-refractivity contribution in [2.45, 2.75) is 0 Å². The molecule has 0 radical (unpaired) electrons. The maximum absolute atomic E-state index is 13.1. The van der Waals surface area contributed by atoms with Gasteiger partial charge in [-0.1, -0.05) is 11.3 Å². The molecule has 0 saturated heterocycles. The number of hydrogen-bond donors (Lipinski definition) is 1. The summed E-state index contributed by atoms with van der Waals surface area (Å²) in [6.07, 6.45) is 0. The second-order valence-electron chi connectivity index (χ2n) is 4.24. The lowest BCUT2D eigenvalue weighted by molar-refractivity contribution is 0.629. The van der Waals surface area contributed by atoms with Crippen molar-refractivity contribution < 1.29 is 4.39 Å². The summed E-state index contributed by atoms with van der Waals surface area (Å²) < 4.78 is 14.0. The zero-order valence-electron chi connectivity index (χ0n) is 10.6. The summed E-state index contributed by atoms with van der Waals surface area (Å²) in [5.41, 5.74) is 1.87. The normalized spacial score (nSPS) is 10.0. The van der Waals surface area contributed by atoms with Gasteiger partial charge in [-0.25, -0.2) is 9.37 Å². The molecule has 1 N–H and O–H groups in total. The Balaban J connectivity index is 1.95. The van der Waals surface area contributed by atoms with E-state index in [-0.39, 0.29) is 5.82 Å². The smallest absolute Gasteiger partial charge is 0.188 e. The monoisotopic (exact) mass is 294 g/mol. The molecular formula is C15H7FN4S. The first-order valence-electron chi connectivity index (χ1n) is 5.97. The minimum Gasteiger partial charge on any atom is -0.331 e. The Morgan fingerprint density at radius 1 is 1.05 bits per heavy atom. The number of benzene rings is 2. The number of thiazole rings is 1. The molecule has 3 aromatic rings. The van der Waals surface area contributed by atoms with E-state index in [0.29, 0.717) is 27.5 Å². The fourth-order valence-electron chi connectivity index (χ4n) is 1.89. The summed E-state index contributed by atoms with van der Waals surface area (Å²) in [4.78, 5) is 4.29. The van der Waals surface area contributed by atoms with Gasteiger partial charge in [-0.15, -0.1) is 0 Å². The molecule has 0 spiro atoms. The van der Waals surface area contributed by atoms with Crippen LogP contribution in [0.1, 0.15) is 11.1 Å². The second-order valence-corrected chi connectivity index (χ2v) is 5.27. The minimum atomic E-state index is -0.329. The molecule has 0 saturated carbocycles. The predicted octanol–water partition coefficient (Wildman–Crippen LogP) is 3.92. The second kappa shape index (κ2) is 5.20. The van der Waals surface area contributed by atoms with Gasteiger partial charge in [-0.2, -0.15) is 10.5 Å². The molecule has 100 valence electrons. The highest BCUT2D eigenvalue weighted by molar-refractivity contribution is 7.22. The third kappa shape index (κ3) is 2.53. The van der Waals surface area contributed by atoms with Crippen molar-refractivity contribution in [1.82, 2.24) is 4.98 Å². The Morgan fingerprint density at radius 2 is 1.86 bits per heavy atom. The lowest BCUT2D eigenvalue weighted by Crippen LogP contribution is -1.92. The van der Waals surface area contributed by atoms with E-state index in [0.717, 1.165) is 4.70 Å². The van der Waals surface area contributed by atoms with Gasteiger partial charge in [0.2, 0.25) is 0 Å². The Bertz CT molecular complexity index is 918. The number of nitriles is 2. The van der Waals surface area contributed by atoms with Gasteiger partial charge in [0.05, 0.1) is 21.3 Å². The van der Waals surface area contributed by atoms with Crippen molar-refractivity contribution in [3.8, 4) is 12.1 Å². The van der Waals surface area contributed by atoms with Crippen LogP contribution in [0.2, 0.25) is 0 Å². The van der Waals surface area contributed by atoms with E-state index in [1.807, 2.05) is 12.1 Å². The number of hydrogen-bond acceptors (Lipinski definition) is 5. The van der Waals surface area contributed by atoms with Crippen LogP contribution in [0.15, 0.2) is 36.4 Å². The van der Waals surface area contributed by atoms with E-state index in [1.54, 1.807) is 24.3 Å². The third-order valence-electron chi connectivity index (χ3n) is 2.86. The minimum absolute atomic E-state index is 0.301. The number of anilines is 2. The molecule has 0 amide bonds. The van der Waals surface area contributed by atoms with Crippen LogP contribution in [0.5, 0.6) is 0 Å². The van der Waals surface area contributed by atoms with E-state index in [9.17, 15) is 4.39 Å². The van der Waals surface area contributed by atoms with Crippen LogP contribution in [-0.2, 0) is 0 Å². The first-order chi connectivity index (χ1) is 10.2. The van der Waals surface area contributed by atoms with Crippen molar-refractivity contribution >= 4 is 32.4 Å².